The Morgan fingerprint density at radius 3 is 2.67 bits per heavy atom. The van der Waals surface area contributed by atoms with E-state index in [0.29, 0.717) is 6.42 Å². The summed E-state index contributed by atoms with van der Waals surface area (Å²) in [5.41, 5.74) is 2.53. The van der Waals surface area contributed by atoms with Gasteiger partial charge in [0.25, 0.3) is 0 Å². The number of hydrogen-bond donors (Lipinski definition) is 1. The molecule has 0 spiro atoms. The molecular weight excluding hydrogens is 262 g/mol. The van der Waals surface area contributed by atoms with Crippen molar-refractivity contribution >= 4 is 5.97 Å². The van der Waals surface area contributed by atoms with Gasteiger partial charge in [0.1, 0.15) is 6.04 Å². The van der Waals surface area contributed by atoms with Crippen molar-refractivity contribution in [2.45, 2.75) is 44.7 Å². The molecule has 4 atom stereocenters. The van der Waals surface area contributed by atoms with Crippen molar-refractivity contribution in [2.75, 3.05) is 6.54 Å². The first-order valence-electron chi connectivity index (χ1n) is 8.24. The Hall–Kier alpha value is -1.35. The molecular formula is C18H23NO2. The fraction of sp³-hybridized carbons (Fsp3) is 0.611. The summed E-state index contributed by atoms with van der Waals surface area (Å²) < 4.78 is 0. The third-order valence-corrected chi connectivity index (χ3v) is 5.98. The Kier molecular flexibility index (Phi) is 3.26. The summed E-state index contributed by atoms with van der Waals surface area (Å²) in [5, 5.41) is 9.60. The third-order valence-electron chi connectivity index (χ3n) is 5.98. The van der Waals surface area contributed by atoms with E-state index in [1.807, 2.05) is 6.07 Å². The fourth-order valence-electron chi connectivity index (χ4n) is 4.91. The molecule has 0 saturated heterocycles. The number of benzene rings is 1. The van der Waals surface area contributed by atoms with Gasteiger partial charge in [0, 0.05) is 13.1 Å². The van der Waals surface area contributed by atoms with Crippen molar-refractivity contribution in [3.05, 3.63) is 35.4 Å². The van der Waals surface area contributed by atoms with E-state index in [1.54, 1.807) is 0 Å². The highest BCUT2D eigenvalue weighted by molar-refractivity contribution is 5.74. The van der Waals surface area contributed by atoms with E-state index in [9.17, 15) is 9.90 Å². The highest BCUT2D eigenvalue weighted by Crippen LogP contribution is 2.48. The van der Waals surface area contributed by atoms with Gasteiger partial charge in [0.2, 0.25) is 0 Å². The molecule has 1 heterocycles. The topological polar surface area (TPSA) is 40.5 Å². The maximum atomic E-state index is 11.7. The molecule has 1 aliphatic heterocycles. The maximum Gasteiger partial charge on any atom is 0.321 e. The van der Waals surface area contributed by atoms with E-state index in [4.69, 9.17) is 0 Å². The largest absolute Gasteiger partial charge is 0.480 e. The van der Waals surface area contributed by atoms with Crippen molar-refractivity contribution in [2.24, 2.45) is 17.8 Å². The molecule has 1 N–H and O–H groups in total. The summed E-state index contributed by atoms with van der Waals surface area (Å²) in [6.45, 7) is 1.79. The number of aliphatic carboxylic acids is 1. The normalized spacial score (nSPS) is 34.9. The lowest BCUT2D eigenvalue weighted by molar-refractivity contribution is -0.144. The maximum absolute atomic E-state index is 11.7. The van der Waals surface area contributed by atoms with Gasteiger partial charge in [-0.1, -0.05) is 30.7 Å². The molecule has 2 saturated carbocycles. The Bertz CT molecular complexity index is 556. The quantitative estimate of drug-likeness (QED) is 0.928. The lowest BCUT2D eigenvalue weighted by Crippen LogP contribution is -2.47. The lowest BCUT2D eigenvalue weighted by Gasteiger charge is -2.37. The van der Waals surface area contributed by atoms with Crippen LogP contribution >= 0.6 is 0 Å². The van der Waals surface area contributed by atoms with Crippen LogP contribution in [0.2, 0.25) is 0 Å². The zero-order valence-corrected chi connectivity index (χ0v) is 12.4. The number of carboxylic acids is 1. The summed E-state index contributed by atoms with van der Waals surface area (Å²) in [4.78, 5) is 13.9. The van der Waals surface area contributed by atoms with Gasteiger partial charge in [-0.25, -0.2) is 0 Å². The molecule has 0 aromatic heterocycles. The summed E-state index contributed by atoms with van der Waals surface area (Å²) in [6.07, 6.45) is 6.16. The van der Waals surface area contributed by atoms with Crippen LogP contribution in [0.3, 0.4) is 0 Å². The second-order valence-corrected chi connectivity index (χ2v) is 7.19. The van der Waals surface area contributed by atoms with Crippen molar-refractivity contribution in [1.29, 1.82) is 0 Å². The lowest BCUT2D eigenvalue weighted by atomic mass is 9.86. The number of carbonyl (C=O) groups is 1. The van der Waals surface area contributed by atoms with E-state index in [0.717, 1.165) is 30.8 Å². The monoisotopic (exact) mass is 285 g/mol. The highest BCUT2D eigenvalue weighted by atomic mass is 16.4. The van der Waals surface area contributed by atoms with Crippen LogP contribution < -0.4 is 0 Å². The Labute approximate surface area is 126 Å². The highest BCUT2D eigenvalue weighted by Gasteiger charge is 2.42. The molecule has 21 heavy (non-hydrogen) atoms. The summed E-state index contributed by atoms with van der Waals surface area (Å²) in [6, 6.07) is 7.99. The molecule has 3 nitrogen and oxygen atoms in total. The molecule has 2 bridgehead atoms. The van der Waals surface area contributed by atoms with Crippen LogP contribution in [0.4, 0.5) is 0 Å². The summed E-state index contributed by atoms with van der Waals surface area (Å²) in [7, 11) is 0. The number of hydrogen-bond acceptors (Lipinski definition) is 2. The first kappa shape index (κ1) is 13.3. The van der Waals surface area contributed by atoms with Gasteiger partial charge in [-0.2, -0.15) is 0 Å². The number of nitrogens with zero attached hydrogens (tertiary/aromatic N) is 1. The molecule has 2 aliphatic carbocycles. The van der Waals surface area contributed by atoms with Crippen molar-refractivity contribution in [1.82, 2.24) is 4.90 Å². The summed E-state index contributed by atoms with van der Waals surface area (Å²) in [5.74, 6) is 1.87. The molecule has 3 aliphatic rings. The van der Waals surface area contributed by atoms with Gasteiger partial charge in [-0.3, -0.25) is 9.69 Å². The zero-order chi connectivity index (χ0) is 14.4. The first-order valence-corrected chi connectivity index (χ1v) is 8.24. The van der Waals surface area contributed by atoms with Crippen LogP contribution in [0.15, 0.2) is 24.3 Å². The summed E-state index contributed by atoms with van der Waals surface area (Å²) >= 11 is 0. The Balaban J connectivity index is 1.54. The van der Waals surface area contributed by atoms with Gasteiger partial charge >= 0.3 is 5.97 Å². The van der Waals surface area contributed by atoms with Crippen LogP contribution in [0.25, 0.3) is 0 Å². The van der Waals surface area contributed by atoms with Crippen molar-refractivity contribution in [3.63, 3.8) is 0 Å². The van der Waals surface area contributed by atoms with Crippen LogP contribution in [-0.4, -0.2) is 28.6 Å². The SMILES string of the molecule is O=C(O)C1Cc2ccccc2CN1CC1CC2CCC1C2. The van der Waals surface area contributed by atoms with Crippen LogP contribution in [-0.2, 0) is 17.8 Å². The molecule has 0 radical (unpaired) electrons. The minimum absolute atomic E-state index is 0.334. The van der Waals surface area contributed by atoms with E-state index in [2.05, 4.69) is 23.1 Å². The molecule has 0 amide bonds. The van der Waals surface area contributed by atoms with Gasteiger partial charge in [-0.05, 0) is 54.6 Å². The zero-order valence-electron chi connectivity index (χ0n) is 12.4. The number of fused-ring (bicyclic) bond motifs is 3. The van der Waals surface area contributed by atoms with Gasteiger partial charge in [-0.15, -0.1) is 0 Å². The fourth-order valence-corrected chi connectivity index (χ4v) is 4.91. The van der Waals surface area contributed by atoms with Crippen LogP contribution in [0, 0.1) is 17.8 Å². The van der Waals surface area contributed by atoms with Gasteiger partial charge in [0.05, 0.1) is 0 Å². The smallest absolute Gasteiger partial charge is 0.321 e. The minimum Gasteiger partial charge on any atom is -0.480 e. The second-order valence-electron chi connectivity index (χ2n) is 7.19. The molecule has 4 rings (SSSR count). The second kappa shape index (κ2) is 5.13. The van der Waals surface area contributed by atoms with Crippen molar-refractivity contribution in [3.8, 4) is 0 Å². The van der Waals surface area contributed by atoms with Gasteiger partial charge in [0.15, 0.2) is 0 Å². The Morgan fingerprint density at radius 2 is 2.00 bits per heavy atom. The molecule has 1 aromatic rings. The molecule has 3 heteroatoms. The number of carboxylic acid groups (broad SMARTS) is 1. The Morgan fingerprint density at radius 1 is 1.19 bits per heavy atom. The van der Waals surface area contributed by atoms with E-state index in [-0.39, 0.29) is 6.04 Å². The average molecular weight is 285 g/mol. The van der Waals surface area contributed by atoms with E-state index in [1.165, 1.54) is 36.8 Å². The van der Waals surface area contributed by atoms with Crippen LogP contribution in [0.1, 0.15) is 36.8 Å². The van der Waals surface area contributed by atoms with E-state index >= 15 is 0 Å². The molecule has 112 valence electrons. The third kappa shape index (κ3) is 2.38. The van der Waals surface area contributed by atoms with Crippen molar-refractivity contribution < 1.29 is 9.90 Å². The van der Waals surface area contributed by atoms with E-state index < -0.39 is 5.97 Å². The molecule has 2 fully saturated rings. The standard InChI is InChI=1S/C18H23NO2/c20-18(21)17-9-13-3-1-2-4-15(13)10-19(17)11-16-8-12-5-6-14(16)7-12/h1-4,12,14,16-17H,5-11H2,(H,20,21). The predicted octanol–water partition coefficient (Wildman–Crippen LogP) is 2.93. The minimum atomic E-state index is -0.660. The number of rotatable bonds is 3. The molecule has 4 unspecified atom stereocenters. The average Bonchev–Trinajstić information content (AvgIpc) is 3.09. The van der Waals surface area contributed by atoms with Gasteiger partial charge < -0.3 is 5.11 Å². The predicted molar refractivity (Wildman–Crippen MR) is 80.9 cm³/mol. The van der Waals surface area contributed by atoms with Crippen LogP contribution in [0.5, 0.6) is 0 Å². The first-order chi connectivity index (χ1) is 10.2. The molecule has 1 aromatic carbocycles.